The van der Waals surface area contributed by atoms with E-state index in [1.807, 2.05) is 0 Å². The number of nitrogens with zero attached hydrogens (tertiary/aromatic N) is 2. The fraction of sp³-hybridized carbons (Fsp3) is 0.750. The molecule has 0 amide bonds. The van der Waals surface area contributed by atoms with Gasteiger partial charge in [-0.25, -0.2) is 0 Å². The lowest BCUT2D eigenvalue weighted by Crippen LogP contribution is -2.53. The first-order chi connectivity index (χ1) is 12.4. The van der Waals surface area contributed by atoms with Gasteiger partial charge in [0.1, 0.15) is 0 Å². The topological polar surface area (TPSA) is 6.48 Å². The van der Waals surface area contributed by atoms with E-state index in [-0.39, 0.29) is 0 Å². The van der Waals surface area contributed by atoms with Gasteiger partial charge in [0.05, 0.1) is 0 Å². The van der Waals surface area contributed by atoms with Crippen LogP contribution in [0.1, 0.15) is 77.7 Å². The van der Waals surface area contributed by atoms with Gasteiger partial charge >= 0.3 is 0 Å². The van der Waals surface area contributed by atoms with E-state index in [1.54, 1.807) is 5.56 Å². The zero-order chi connectivity index (χ0) is 18.3. The molecule has 1 aromatic rings. The summed E-state index contributed by atoms with van der Waals surface area (Å²) in [6.07, 6.45) is 11.2. The second-order valence-electron chi connectivity index (χ2n) is 10.2. The Hall–Kier alpha value is -0.860. The molecule has 0 N–H and O–H groups in total. The highest BCUT2D eigenvalue weighted by atomic mass is 15.2. The molecule has 2 nitrogen and oxygen atoms in total. The molecule has 2 heterocycles. The number of hydrogen-bond donors (Lipinski definition) is 0. The molecule has 3 aliphatic rings. The van der Waals surface area contributed by atoms with E-state index in [0.29, 0.717) is 16.5 Å². The second-order valence-corrected chi connectivity index (χ2v) is 10.2. The van der Waals surface area contributed by atoms with Crippen LogP contribution in [0.3, 0.4) is 0 Å². The van der Waals surface area contributed by atoms with Gasteiger partial charge in [-0.3, -0.25) is 9.80 Å². The zero-order valence-electron chi connectivity index (χ0n) is 17.3. The Morgan fingerprint density at radius 1 is 0.731 bits per heavy atom. The molecule has 2 heteroatoms. The Morgan fingerprint density at radius 3 is 1.85 bits per heavy atom. The molecule has 144 valence electrons. The first kappa shape index (κ1) is 18.5. The maximum absolute atomic E-state index is 2.85. The number of hydrogen-bond acceptors (Lipinski definition) is 2. The fourth-order valence-corrected chi connectivity index (χ4v) is 6.03. The lowest BCUT2D eigenvalue weighted by molar-refractivity contribution is -0.0280. The van der Waals surface area contributed by atoms with Crippen LogP contribution in [-0.2, 0) is 5.54 Å². The highest BCUT2D eigenvalue weighted by Gasteiger charge is 2.48. The van der Waals surface area contributed by atoms with Gasteiger partial charge in [-0.15, -0.1) is 0 Å². The third-order valence-electron chi connectivity index (χ3n) is 7.93. The van der Waals surface area contributed by atoms with Crippen LogP contribution >= 0.6 is 0 Å². The molecule has 2 aliphatic heterocycles. The van der Waals surface area contributed by atoms with E-state index < -0.39 is 0 Å². The molecule has 2 saturated heterocycles. The van der Waals surface area contributed by atoms with Gasteiger partial charge in [-0.1, -0.05) is 30.3 Å². The molecule has 1 saturated carbocycles. The Bertz CT molecular complexity index is 576. The van der Waals surface area contributed by atoms with Crippen LogP contribution in [-0.4, -0.2) is 41.5 Å². The van der Waals surface area contributed by atoms with E-state index >= 15 is 0 Å². The lowest BCUT2D eigenvalue weighted by atomic mass is 9.61. The molecule has 0 aromatic heterocycles. The Kier molecular flexibility index (Phi) is 4.94. The summed E-state index contributed by atoms with van der Waals surface area (Å²) in [6, 6.07) is 11.5. The highest BCUT2D eigenvalue weighted by molar-refractivity contribution is 5.26. The van der Waals surface area contributed by atoms with Crippen molar-refractivity contribution in [1.82, 2.24) is 9.80 Å². The van der Waals surface area contributed by atoms with Gasteiger partial charge in [0.25, 0.3) is 0 Å². The number of benzene rings is 1. The van der Waals surface area contributed by atoms with Crippen LogP contribution in [0.5, 0.6) is 0 Å². The minimum Gasteiger partial charge on any atom is -0.298 e. The summed E-state index contributed by atoms with van der Waals surface area (Å²) in [6.45, 7) is 12.3. The normalized spacial score (nSPS) is 27.0. The van der Waals surface area contributed by atoms with Crippen LogP contribution in [0.4, 0.5) is 0 Å². The van der Waals surface area contributed by atoms with Gasteiger partial charge in [-0.05, 0) is 109 Å². The van der Waals surface area contributed by atoms with Crippen molar-refractivity contribution >= 4 is 0 Å². The molecule has 1 spiro atoms. The molecule has 0 radical (unpaired) electrons. The molecule has 26 heavy (non-hydrogen) atoms. The average Bonchev–Trinajstić information content (AvgIpc) is 3.18. The van der Waals surface area contributed by atoms with E-state index in [0.717, 1.165) is 0 Å². The van der Waals surface area contributed by atoms with Crippen molar-refractivity contribution in [2.24, 2.45) is 5.41 Å². The van der Waals surface area contributed by atoms with Crippen molar-refractivity contribution in [1.29, 1.82) is 0 Å². The summed E-state index contributed by atoms with van der Waals surface area (Å²) in [5, 5.41) is 0. The third-order valence-corrected chi connectivity index (χ3v) is 7.93. The maximum atomic E-state index is 2.85. The van der Waals surface area contributed by atoms with Crippen molar-refractivity contribution in [3.8, 4) is 0 Å². The first-order valence-corrected chi connectivity index (χ1v) is 11.0. The van der Waals surface area contributed by atoms with Crippen molar-refractivity contribution in [2.45, 2.75) is 83.2 Å². The van der Waals surface area contributed by atoms with Gasteiger partial charge < -0.3 is 0 Å². The molecule has 1 aliphatic carbocycles. The quantitative estimate of drug-likeness (QED) is 0.698. The van der Waals surface area contributed by atoms with Gasteiger partial charge in [-0.2, -0.15) is 0 Å². The Morgan fingerprint density at radius 2 is 1.31 bits per heavy atom. The number of piperidine rings is 1. The van der Waals surface area contributed by atoms with Crippen LogP contribution < -0.4 is 0 Å². The fourth-order valence-electron chi connectivity index (χ4n) is 6.03. The molecule has 4 rings (SSSR count). The highest BCUT2D eigenvalue weighted by Crippen LogP contribution is 2.53. The largest absolute Gasteiger partial charge is 0.298 e. The van der Waals surface area contributed by atoms with Crippen LogP contribution in [0.15, 0.2) is 30.3 Å². The molecular formula is C24H38N2. The predicted molar refractivity (Wildman–Crippen MR) is 110 cm³/mol. The summed E-state index contributed by atoms with van der Waals surface area (Å²) in [5.41, 5.74) is 2.87. The monoisotopic (exact) mass is 354 g/mol. The molecule has 0 unspecified atom stereocenters. The number of rotatable bonds is 2. The molecular weight excluding hydrogens is 316 g/mol. The van der Waals surface area contributed by atoms with E-state index in [9.17, 15) is 0 Å². The Balaban J connectivity index is 1.50. The summed E-state index contributed by atoms with van der Waals surface area (Å²) >= 11 is 0. The van der Waals surface area contributed by atoms with Crippen molar-refractivity contribution in [3.63, 3.8) is 0 Å². The molecule has 1 aromatic carbocycles. The van der Waals surface area contributed by atoms with E-state index in [1.165, 1.54) is 77.5 Å². The Labute approximate surface area is 161 Å². The minimum atomic E-state index is 0.324. The summed E-state index contributed by atoms with van der Waals surface area (Å²) in [5.74, 6) is 0. The SMILES string of the molecule is CC(C)(C)N1CCC2(CC1)CCC(c1ccccc1)(N1CCCC1)CC2. The van der Waals surface area contributed by atoms with Gasteiger partial charge in [0, 0.05) is 11.1 Å². The standard InChI is InChI=1S/C24H38N2/c1-22(2,3)25-19-15-23(16-20-25)11-13-24(14-12-23,26-17-7-8-18-26)21-9-5-4-6-10-21/h4-6,9-10H,7-8,11-20H2,1-3H3. The summed E-state index contributed by atoms with van der Waals surface area (Å²) in [7, 11) is 0. The number of likely N-dealkylation sites (tertiary alicyclic amines) is 2. The molecule has 3 fully saturated rings. The molecule has 0 atom stereocenters. The smallest absolute Gasteiger partial charge is 0.0461 e. The van der Waals surface area contributed by atoms with E-state index in [4.69, 9.17) is 0 Å². The van der Waals surface area contributed by atoms with Crippen LogP contribution in [0, 0.1) is 5.41 Å². The van der Waals surface area contributed by atoms with E-state index in [2.05, 4.69) is 60.9 Å². The van der Waals surface area contributed by atoms with Crippen LogP contribution in [0.2, 0.25) is 0 Å². The maximum Gasteiger partial charge on any atom is 0.0461 e. The van der Waals surface area contributed by atoms with Gasteiger partial charge in [0.2, 0.25) is 0 Å². The zero-order valence-corrected chi connectivity index (χ0v) is 17.3. The predicted octanol–water partition coefficient (Wildman–Crippen LogP) is 5.43. The minimum absolute atomic E-state index is 0.324. The lowest BCUT2D eigenvalue weighted by Gasteiger charge is -2.54. The molecule has 0 bridgehead atoms. The van der Waals surface area contributed by atoms with Gasteiger partial charge in [0.15, 0.2) is 0 Å². The average molecular weight is 355 g/mol. The summed E-state index contributed by atoms with van der Waals surface area (Å²) < 4.78 is 0. The van der Waals surface area contributed by atoms with Crippen molar-refractivity contribution < 1.29 is 0 Å². The first-order valence-electron chi connectivity index (χ1n) is 11.0. The van der Waals surface area contributed by atoms with Crippen LogP contribution in [0.25, 0.3) is 0 Å². The van der Waals surface area contributed by atoms with Crippen molar-refractivity contribution in [2.75, 3.05) is 26.2 Å². The second kappa shape index (κ2) is 6.95. The van der Waals surface area contributed by atoms with Crippen molar-refractivity contribution in [3.05, 3.63) is 35.9 Å². The third kappa shape index (κ3) is 3.36. The summed E-state index contributed by atoms with van der Waals surface area (Å²) in [4.78, 5) is 5.55.